The van der Waals surface area contributed by atoms with Crippen molar-refractivity contribution >= 4 is 17.5 Å². The minimum absolute atomic E-state index is 0.238. The van der Waals surface area contributed by atoms with Gasteiger partial charge >= 0.3 is 0 Å². The summed E-state index contributed by atoms with van der Waals surface area (Å²) in [5, 5.41) is 3.85. The molecule has 5 heteroatoms. The van der Waals surface area contributed by atoms with Gasteiger partial charge in [0, 0.05) is 23.9 Å². The highest BCUT2D eigenvalue weighted by Gasteiger charge is 2.12. The lowest BCUT2D eigenvalue weighted by atomic mass is 10.1. The molecule has 113 valence electrons. The molecule has 0 aromatic heterocycles. The van der Waals surface area contributed by atoms with Crippen LogP contribution in [0.15, 0.2) is 42.5 Å². The van der Waals surface area contributed by atoms with E-state index in [4.69, 9.17) is 4.84 Å². The quantitative estimate of drug-likeness (QED) is 0.883. The van der Waals surface area contributed by atoms with Gasteiger partial charge in [-0.15, -0.1) is 0 Å². The van der Waals surface area contributed by atoms with Crippen LogP contribution in [-0.2, 0) is 4.84 Å². The Morgan fingerprint density at radius 3 is 2.45 bits per heavy atom. The van der Waals surface area contributed by atoms with E-state index in [0.29, 0.717) is 16.8 Å². The molecule has 0 saturated heterocycles. The molecule has 2 rings (SSSR count). The minimum Gasteiger partial charge on any atom is -0.322 e. The lowest BCUT2D eigenvalue weighted by Gasteiger charge is -2.14. The molecule has 2 amide bonds. The van der Waals surface area contributed by atoms with Gasteiger partial charge in [-0.25, -0.2) is 5.06 Å². The molecule has 0 aliphatic carbocycles. The number of nitrogens with zero attached hydrogens (tertiary/aromatic N) is 1. The molecule has 0 atom stereocenters. The Bertz CT molecular complexity index is 681. The average Bonchev–Trinajstić information content (AvgIpc) is 2.54. The van der Waals surface area contributed by atoms with Crippen LogP contribution in [0.5, 0.6) is 0 Å². The van der Waals surface area contributed by atoms with Gasteiger partial charge in [0.25, 0.3) is 11.8 Å². The lowest BCUT2D eigenvalue weighted by Crippen LogP contribution is -2.25. The van der Waals surface area contributed by atoms with Gasteiger partial charge in [-0.3, -0.25) is 14.4 Å². The second-order valence-electron chi connectivity index (χ2n) is 4.82. The number of rotatable bonds is 4. The van der Waals surface area contributed by atoms with Gasteiger partial charge < -0.3 is 5.32 Å². The molecule has 1 radical (unpaired) electrons. The van der Waals surface area contributed by atoms with Crippen molar-refractivity contribution in [1.29, 1.82) is 0 Å². The number of hydrogen-bond acceptors (Lipinski definition) is 3. The Kier molecular flexibility index (Phi) is 4.91. The Balaban J connectivity index is 2.15. The van der Waals surface area contributed by atoms with Crippen LogP contribution in [0.25, 0.3) is 0 Å². The molecule has 0 heterocycles. The third kappa shape index (κ3) is 3.71. The lowest BCUT2D eigenvalue weighted by molar-refractivity contribution is -0.0756. The molecular formula is C17H17N2O3. The van der Waals surface area contributed by atoms with Gasteiger partial charge in [0.05, 0.1) is 7.11 Å². The number of anilines is 1. The van der Waals surface area contributed by atoms with Gasteiger partial charge in [-0.1, -0.05) is 17.7 Å². The van der Waals surface area contributed by atoms with E-state index in [1.807, 2.05) is 19.1 Å². The number of amides is 2. The van der Waals surface area contributed by atoms with Crippen LogP contribution in [0.3, 0.4) is 0 Å². The SMILES string of the molecule is CON(C)C(=O)c1c[c]cc(NC(=O)c2ccc(C)cc2)c1. The molecule has 0 fully saturated rings. The number of carbonyl (C=O) groups excluding carboxylic acids is 2. The second-order valence-corrected chi connectivity index (χ2v) is 4.82. The number of hydrogen-bond donors (Lipinski definition) is 1. The zero-order valence-corrected chi connectivity index (χ0v) is 12.7. The maximum absolute atomic E-state index is 12.2. The molecule has 0 bridgehead atoms. The average molecular weight is 297 g/mol. The summed E-state index contributed by atoms with van der Waals surface area (Å²) in [7, 11) is 2.92. The molecule has 2 aromatic carbocycles. The van der Waals surface area contributed by atoms with E-state index in [1.54, 1.807) is 30.3 Å². The first kappa shape index (κ1) is 15.7. The second kappa shape index (κ2) is 6.87. The number of aryl methyl sites for hydroxylation is 1. The van der Waals surface area contributed by atoms with Crippen molar-refractivity contribution in [3.05, 3.63) is 65.2 Å². The van der Waals surface area contributed by atoms with Crippen molar-refractivity contribution < 1.29 is 14.4 Å². The van der Waals surface area contributed by atoms with Gasteiger partial charge in [0.1, 0.15) is 0 Å². The van der Waals surface area contributed by atoms with E-state index in [9.17, 15) is 9.59 Å². The van der Waals surface area contributed by atoms with Crippen LogP contribution in [0.2, 0.25) is 0 Å². The molecule has 0 aliphatic heterocycles. The third-order valence-electron chi connectivity index (χ3n) is 3.17. The fourth-order valence-corrected chi connectivity index (χ4v) is 1.84. The van der Waals surface area contributed by atoms with E-state index >= 15 is 0 Å². The molecule has 22 heavy (non-hydrogen) atoms. The maximum Gasteiger partial charge on any atom is 0.277 e. The van der Waals surface area contributed by atoms with Crippen LogP contribution < -0.4 is 5.32 Å². The third-order valence-corrected chi connectivity index (χ3v) is 3.17. The van der Waals surface area contributed by atoms with Crippen molar-refractivity contribution in [1.82, 2.24) is 5.06 Å². The van der Waals surface area contributed by atoms with Crippen LogP contribution in [0, 0.1) is 13.0 Å². The normalized spacial score (nSPS) is 10.1. The van der Waals surface area contributed by atoms with Gasteiger partial charge in [-0.2, -0.15) is 0 Å². The Morgan fingerprint density at radius 2 is 1.82 bits per heavy atom. The number of carbonyl (C=O) groups is 2. The highest BCUT2D eigenvalue weighted by atomic mass is 16.7. The zero-order valence-electron chi connectivity index (χ0n) is 12.7. The molecule has 0 saturated carbocycles. The summed E-state index contributed by atoms with van der Waals surface area (Å²) in [4.78, 5) is 29.0. The van der Waals surface area contributed by atoms with Crippen LogP contribution in [-0.4, -0.2) is 31.0 Å². The van der Waals surface area contributed by atoms with E-state index in [1.165, 1.54) is 14.2 Å². The molecule has 1 N–H and O–H groups in total. The van der Waals surface area contributed by atoms with Crippen molar-refractivity contribution in [2.75, 3.05) is 19.5 Å². The number of nitrogens with one attached hydrogen (secondary N) is 1. The molecule has 0 spiro atoms. The summed E-state index contributed by atoms with van der Waals surface area (Å²) in [5.74, 6) is -0.553. The largest absolute Gasteiger partial charge is 0.322 e. The Hall–Kier alpha value is -2.66. The van der Waals surface area contributed by atoms with Crippen molar-refractivity contribution in [2.45, 2.75) is 6.92 Å². The first-order valence-electron chi connectivity index (χ1n) is 6.72. The van der Waals surface area contributed by atoms with Crippen molar-refractivity contribution in [3.8, 4) is 0 Å². The van der Waals surface area contributed by atoms with Gasteiger partial charge in [0.15, 0.2) is 0 Å². The standard InChI is InChI=1S/C17H17N2O3/c1-12-7-9-13(10-8-12)16(20)18-15-6-4-5-14(11-15)17(21)19(2)22-3/h5-11H,1-3H3,(H,18,20). The van der Waals surface area contributed by atoms with E-state index in [0.717, 1.165) is 10.6 Å². The summed E-state index contributed by atoms with van der Waals surface area (Å²) < 4.78 is 0. The molecule has 0 aliphatic rings. The summed E-state index contributed by atoms with van der Waals surface area (Å²) in [6.45, 7) is 1.96. The fourth-order valence-electron chi connectivity index (χ4n) is 1.84. The molecular weight excluding hydrogens is 280 g/mol. The van der Waals surface area contributed by atoms with Gasteiger partial charge in [0.2, 0.25) is 0 Å². The highest BCUT2D eigenvalue weighted by molar-refractivity contribution is 6.05. The zero-order chi connectivity index (χ0) is 16.1. The maximum atomic E-state index is 12.2. The van der Waals surface area contributed by atoms with E-state index < -0.39 is 0 Å². The summed E-state index contributed by atoms with van der Waals surface area (Å²) in [6, 6.07) is 14.8. The molecule has 5 nitrogen and oxygen atoms in total. The summed E-state index contributed by atoms with van der Waals surface area (Å²) >= 11 is 0. The first-order chi connectivity index (χ1) is 10.5. The number of hydroxylamine groups is 2. The first-order valence-corrected chi connectivity index (χ1v) is 6.72. The van der Waals surface area contributed by atoms with Crippen LogP contribution in [0.4, 0.5) is 5.69 Å². The van der Waals surface area contributed by atoms with Crippen LogP contribution in [0.1, 0.15) is 26.3 Å². The smallest absolute Gasteiger partial charge is 0.277 e. The van der Waals surface area contributed by atoms with E-state index in [-0.39, 0.29) is 11.8 Å². The summed E-state index contributed by atoms with van der Waals surface area (Å²) in [6.07, 6.45) is 0. The highest BCUT2D eigenvalue weighted by Crippen LogP contribution is 2.14. The number of benzene rings is 2. The van der Waals surface area contributed by atoms with Crippen molar-refractivity contribution in [3.63, 3.8) is 0 Å². The Morgan fingerprint density at radius 1 is 1.14 bits per heavy atom. The Labute approximate surface area is 129 Å². The van der Waals surface area contributed by atoms with E-state index in [2.05, 4.69) is 11.4 Å². The minimum atomic E-state index is -0.315. The predicted octanol–water partition coefficient (Wildman–Crippen LogP) is 2.68. The monoisotopic (exact) mass is 297 g/mol. The van der Waals surface area contributed by atoms with Crippen LogP contribution >= 0.6 is 0 Å². The molecule has 0 unspecified atom stereocenters. The fraction of sp³-hybridized carbons (Fsp3) is 0.176. The molecule has 2 aromatic rings. The van der Waals surface area contributed by atoms with Crippen molar-refractivity contribution in [2.24, 2.45) is 0 Å². The predicted molar refractivity (Wildman–Crippen MR) is 83.5 cm³/mol. The van der Waals surface area contributed by atoms with Gasteiger partial charge in [-0.05, 0) is 43.3 Å². The topological polar surface area (TPSA) is 58.6 Å². The summed E-state index contributed by atoms with van der Waals surface area (Å²) in [5.41, 5.74) is 2.52.